The number of allylic oxidation sites excluding steroid dienone is 1. The molecule has 0 bridgehead atoms. The van der Waals surface area contributed by atoms with Gasteiger partial charge in [0.15, 0.2) is 0 Å². The molecule has 94 valence electrons. The van der Waals surface area contributed by atoms with Crippen molar-refractivity contribution in [3.8, 4) is 0 Å². The molecule has 16 heavy (non-hydrogen) atoms. The van der Waals surface area contributed by atoms with Crippen molar-refractivity contribution in [2.24, 2.45) is 5.41 Å². The molecule has 0 aromatic rings. The highest BCUT2D eigenvalue weighted by molar-refractivity contribution is 4.91. The summed E-state index contributed by atoms with van der Waals surface area (Å²) in [6.07, 6.45) is 7.09. The summed E-state index contributed by atoms with van der Waals surface area (Å²) < 4.78 is 5.68. The summed E-state index contributed by atoms with van der Waals surface area (Å²) >= 11 is 0. The number of aliphatic hydroxyl groups is 2. The predicted molar refractivity (Wildman–Crippen MR) is 66.3 cm³/mol. The van der Waals surface area contributed by atoms with E-state index in [0.29, 0.717) is 13.0 Å². The van der Waals surface area contributed by atoms with Crippen LogP contribution in [0.15, 0.2) is 24.8 Å². The normalized spacial score (nSPS) is 14.2. The maximum absolute atomic E-state index is 9.27. The molecule has 0 radical (unpaired) electrons. The summed E-state index contributed by atoms with van der Waals surface area (Å²) in [4.78, 5) is 0. The highest BCUT2D eigenvalue weighted by Crippen LogP contribution is 2.22. The van der Waals surface area contributed by atoms with Crippen LogP contribution in [-0.4, -0.2) is 36.1 Å². The molecule has 1 atom stereocenters. The lowest BCUT2D eigenvalue weighted by atomic mass is 9.88. The van der Waals surface area contributed by atoms with Gasteiger partial charge in [0, 0.05) is 5.41 Å². The maximum Gasteiger partial charge on any atom is 0.0790 e. The molecule has 0 fully saturated rings. The second-order valence-electron chi connectivity index (χ2n) is 4.07. The van der Waals surface area contributed by atoms with Crippen LogP contribution in [-0.2, 0) is 4.74 Å². The van der Waals surface area contributed by atoms with E-state index in [4.69, 9.17) is 4.74 Å². The first-order valence-electron chi connectivity index (χ1n) is 5.75. The molecule has 0 aliphatic rings. The zero-order valence-electron chi connectivity index (χ0n) is 10.4. The molecular formula is C13H24O3. The Morgan fingerprint density at radius 1 is 1.38 bits per heavy atom. The average Bonchev–Trinajstić information content (AvgIpc) is 2.32. The fourth-order valence-electron chi connectivity index (χ4n) is 1.33. The van der Waals surface area contributed by atoms with Crippen LogP contribution in [0.2, 0.25) is 0 Å². The van der Waals surface area contributed by atoms with E-state index in [0.717, 1.165) is 6.42 Å². The molecule has 0 aromatic heterocycles. The first-order valence-corrected chi connectivity index (χ1v) is 5.75. The molecule has 0 aliphatic heterocycles. The van der Waals surface area contributed by atoms with E-state index in [-0.39, 0.29) is 19.3 Å². The first kappa shape index (κ1) is 15.4. The van der Waals surface area contributed by atoms with Crippen molar-refractivity contribution in [2.45, 2.75) is 32.8 Å². The minimum atomic E-state index is -0.527. The Labute approximate surface area is 98.4 Å². The smallest absolute Gasteiger partial charge is 0.0790 e. The van der Waals surface area contributed by atoms with Crippen LogP contribution in [0.3, 0.4) is 0 Å². The van der Waals surface area contributed by atoms with Crippen molar-refractivity contribution in [3.05, 3.63) is 24.8 Å². The fourth-order valence-corrected chi connectivity index (χ4v) is 1.33. The first-order chi connectivity index (χ1) is 7.67. The fraction of sp³-hybridized carbons (Fsp3) is 0.692. The van der Waals surface area contributed by atoms with E-state index in [1.807, 2.05) is 26.0 Å². The third kappa shape index (κ3) is 4.92. The highest BCUT2D eigenvalue weighted by Gasteiger charge is 2.27. The van der Waals surface area contributed by atoms with Crippen molar-refractivity contribution in [2.75, 3.05) is 19.8 Å². The molecule has 1 unspecified atom stereocenters. The number of hydrogen-bond donors (Lipinski definition) is 2. The third-order valence-corrected chi connectivity index (χ3v) is 2.83. The maximum atomic E-state index is 9.27. The summed E-state index contributed by atoms with van der Waals surface area (Å²) in [5.41, 5.74) is -0.527. The molecule has 0 saturated heterocycles. The molecule has 0 aromatic carbocycles. The van der Waals surface area contributed by atoms with Crippen LogP contribution in [0.25, 0.3) is 0 Å². The Balaban J connectivity index is 4.29. The molecule has 0 heterocycles. The van der Waals surface area contributed by atoms with Gasteiger partial charge < -0.3 is 14.9 Å². The molecule has 0 aliphatic carbocycles. The van der Waals surface area contributed by atoms with Crippen LogP contribution in [0.1, 0.15) is 26.7 Å². The van der Waals surface area contributed by atoms with E-state index in [1.165, 1.54) is 0 Å². The Morgan fingerprint density at radius 3 is 2.38 bits per heavy atom. The largest absolute Gasteiger partial charge is 0.396 e. The standard InChI is InChI=1S/C13H24O3/c1-4-7-12(8-5-2)16-11-13(6-3,9-14)10-15/h4-5,8,12,14-15H,1,6-7,9-11H2,2-3H3/b8-5+. The lowest BCUT2D eigenvalue weighted by Crippen LogP contribution is -2.35. The zero-order chi connectivity index (χ0) is 12.4. The van der Waals surface area contributed by atoms with E-state index in [9.17, 15) is 10.2 Å². The van der Waals surface area contributed by atoms with Gasteiger partial charge in [-0.05, 0) is 19.8 Å². The summed E-state index contributed by atoms with van der Waals surface area (Å²) in [6.45, 7) is 7.79. The van der Waals surface area contributed by atoms with Gasteiger partial charge in [0.25, 0.3) is 0 Å². The second-order valence-corrected chi connectivity index (χ2v) is 4.07. The van der Waals surface area contributed by atoms with Gasteiger partial charge in [0.2, 0.25) is 0 Å². The average molecular weight is 228 g/mol. The molecule has 3 nitrogen and oxygen atoms in total. The molecular weight excluding hydrogens is 204 g/mol. The quantitative estimate of drug-likeness (QED) is 0.593. The van der Waals surface area contributed by atoms with E-state index in [1.54, 1.807) is 6.08 Å². The Morgan fingerprint density at radius 2 is 2.00 bits per heavy atom. The van der Waals surface area contributed by atoms with Crippen LogP contribution >= 0.6 is 0 Å². The lowest BCUT2D eigenvalue weighted by molar-refractivity contribution is -0.0457. The van der Waals surface area contributed by atoms with Gasteiger partial charge in [-0.15, -0.1) is 6.58 Å². The van der Waals surface area contributed by atoms with Gasteiger partial charge >= 0.3 is 0 Å². The van der Waals surface area contributed by atoms with E-state index >= 15 is 0 Å². The van der Waals surface area contributed by atoms with Crippen molar-refractivity contribution in [3.63, 3.8) is 0 Å². The topological polar surface area (TPSA) is 49.7 Å². The van der Waals surface area contributed by atoms with Crippen molar-refractivity contribution in [1.29, 1.82) is 0 Å². The minimum Gasteiger partial charge on any atom is -0.396 e. The van der Waals surface area contributed by atoms with Crippen LogP contribution in [0, 0.1) is 5.41 Å². The van der Waals surface area contributed by atoms with Gasteiger partial charge in [-0.3, -0.25) is 0 Å². The molecule has 0 rings (SSSR count). The summed E-state index contributed by atoms with van der Waals surface area (Å²) in [7, 11) is 0. The summed E-state index contributed by atoms with van der Waals surface area (Å²) in [5, 5.41) is 18.5. The van der Waals surface area contributed by atoms with Crippen LogP contribution in [0.4, 0.5) is 0 Å². The van der Waals surface area contributed by atoms with Crippen molar-refractivity contribution >= 4 is 0 Å². The molecule has 2 N–H and O–H groups in total. The Bertz CT molecular complexity index is 199. The third-order valence-electron chi connectivity index (χ3n) is 2.83. The SMILES string of the molecule is C=CCC(/C=C/C)OCC(CC)(CO)CO. The lowest BCUT2D eigenvalue weighted by Gasteiger charge is -2.29. The summed E-state index contributed by atoms with van der Waals surface area (Å²) in [5.74, 6) is 0. The van der Waals surface area contributed by atoms with E-state index in [2.05, 4.69) is 6.58 Å². The molecule has 0 saturated carbocycles. The zero-order valence-corrected chi connectivity index (χ0v) is 10.4. The van der Waals surface area contributed by atoms with Gasteiger partial charge in [-0.2, -0.15) is 0 Å². The number of ether oxygens (including phenoxy) is 1. The van der Waals surface area contributed by atoms with Crippen molar-refractivity contribution in [1.82, 2.24) is 0 Å². The van der Waals surface area contributed by atoms with Crippen LogP contribution in [0.5, 0.6) is 0 Å². The summed E-state index contributed by atoms with van der Waals surface area (Å²) in [6, 6.07) is 0. The van der Waals surface area contributed by atoms with Gasteiger partial charge in [0.1, 0.15) is 0 Å². The Hall–Kier alpha value is -0.640. The molecule has 0 amide bonds. The van der Waals surface area contributed by atoms with E-state index < -0.39 is 5.41 Å². The van der Waals surface area contributed by atoms with Gasteiger partial charge in [-0.25, -0.2) is 0 Å². The minimum absolute atomic E-state index is 0.0217. The molecule has 3 heteroatoms. The highest BCUT2D eigenvalue weighted by atomic mass is 16.5. The Kier molecular flexibility index (Phi) is 8.16. The van der Waals surface area contributed by atoms with Crippen LogP contribution < -0.4 is 0 Å². The second kappa shape index (κ2) is 8.50. The number of aliphatic hydroxyl groups excluding tert-OH is 2. The number of hydrogen-bond acceptors (Lipinski definition) is 3. The number of rotatable bonds is 9. The monoisotopic (exact) mass is 228 g/mol. The molecule has 0 spiro atoms. The predicted octanol–water partition coefficient (Wildman–Crippen LogP) is 1.90. The van der Waals surface area contributed by atoms with Crippen molar-refractivity contribution < 1.29 is 14.9 Å². The van der Waals surface area contributed by atoms with Gasteiger partial charge in [0.05, 0.1) is 25.9 Å². The van der Waals surface area contributed by atoms with Gasteiger partial charge in [-0.1, -0.05) is 25.2 Å².